The molecule has 2 bridgehead atoms. The zero-order valence-corrected chi connectivity index (χ0v) is 18.3. The number of ether oxygens (including phenoxy) is 1. The predicted octanol–water partition coefficient (Wildman–Crippen LogP) is 3.79. The summed E-state index contributed by atoms with van der Waals surface area (Å²) in [6.07, 6.45) is 3.00. The van der Waals surface area contributed by atoms with Gasteiger partial charge in [-0.05, 0) is 74.2 Å². The first kappa shape index (κ1) is 24.4. The highest BCUT2D eigenvalue weighted by molar-refractivity contribution is 5.95. The van der Waals surface area contributed by atoms with E-state index in [0.29, 0.717) is 43.1 Å². The molecule has 3 saturated heterocycles. The molecule has 3 heterocycles. The topological polar surface area (TPSA) is 67.6 Å². The van der Waals surface area contributed by atoms with Crippen molar-refractivity contribution in [3.63, 3.8) is 0 Å². The minimum absolute atomic E-state index is 0. The van der Waals surface area contributed by atoms with Gasteiger partial charge in [0.05, 0.1) is 5.56 Å². The molecule has 3 aliphatic heterocycles. The smallest absolute Gasteiger partial charge is 0.257 e. The van der Waals surface area contributed by atoms with Gasteiger partial charge in [0.2, 0.25) is 0 Å². The Morgan fingerprint density at radius 3 is 2.50 bits per heavy atom. The molecule has 164 valence electrons. The molecule has 3 aliphatic rings. The fourth-order valence-electron chi connectivity index (χ4n) is 4.03. The number of hydrogen-bond donors (Lipinski definition) is 2. The van der Waals surface area contributed by atoms with Crippen LogP contribution < -0.4 is 15.8 Å². The van der Waals surface area contributed by atoms with Gasteiger partial charge >= 0.3 is 0 Å². The lowest BCUT2D eigenvalue weighted by Gasteiger charge is -2.23. The highest BCUT2D eigenvalue weighted by Crippen LogP contribution is 2.27. The Hall–Kier alpha value is -1.86. The van der Waals surface area contributed by atoms with Crippen LogP contribution in [0.4, 0.5) is 4.39 Å². The SMILES string of the molecule is Cl.Cl.NCCc1ccc(Oc2ccc(F)c(C(=O)N3C[C@H]4CC[C@@H](C3)NC4)c2)cc1. The number of rotatable bonds is 5. The number of amides is 1. The van der Waals surface area contributed by atoms with Crippen molar-refractivity contribution in [2.75, 3.05) is 26.2 Å². The van der Waals surface area contributed by atoms with E-state index in [2.05, 4.69) is 5.32 Å². The van der Waals surface area contributed by atoms with Crippen molar-refractivity contribution in [1.29, 1.82) is 0 Å². The number of piperidine rings is 1. The highest BCUT2D eigenvalue weighted by atomic mass is 35.5. The quantitative estimate of drug-likeness (QED) is 0.719. The van der Waals surface area contributed by atoms with Crippen molar-refractivity contribution in [3.8, 4) is 11.5 Å². The maximum Gasteiger partial charge on any atom is 0.257 e. The lowest BCUT2D eigenvalue weighted by Crippen LogP contribution is -2.40. The van der Waals surface area contributed by atoms with Crippen molar-refractivity contribution in [3.05, 3.63) is 59.4 Å². The van der Waals surface area contributed by atoms with E-state index in [0.717, 1.165) is 31.4 Å². The Balaban J connectivity index is 0.00000160. The van der Waals surface area contributed by atoms with E-state index in [4.69, 9.17) is 10.5 Å². The second-order valence-electron chi connectivity index (χ2n) is 7.69. The lowest BCUT2D eigenvalue weighted by molar-refractivity contribution is 0.0743. The molecule has 2 aromatic carbocycles. The number of carbonyl (C=O) groups excluding carboxylic acids is 1. The van der Waals surface area contributed by atoms with Gasteiger partial charge in [0.15, 0.2) is 0 Å². The first-order valence-corrected chi connectivity index (χ1v) is 9.91. The number of carbonyl (C=O) groups is 1. The average molecular weight is 456 g/mol. The Kier molecular flexibility index (Phi) is 8.92. The van der Waals surface area contributed by atoms with Gasteiger partial charge in [-0.15, -0.1) is 24.8 Å². The van der Waals surface area contributed by atoms with Gasteiger partial charge in [-0.25, -0.2) is 4.39 Å². The van der Waals surface area contributed by atoms with E-state index < -0.39 is 5.82 Å². The van der Waals surface area contributed by atoms with Crippen LogP contribution in [0.25, 0.3) is 0 Å². The molecule has 0 aliphatic carbocycles. The number of hydrogen-bond acceptors (Lipinski definition) is 4. The molecule has 3 fully saturated rings. The van der Waals surface area contributed by atoms with Crippen LogP contribution in [0.1, 0.15) is 28.8 Å². The van der Waals surface area contributed by atoms with Crippen molar-refractivity contribution < 1.29 is 13.9 Å². The predicted molar refractivity (Wildman–Crippen MR) is 121 cm³/mol. The molecule has 0 unspecified atom stereocenters. The lowest BCUT2D eigenvalue weighted by atomic mass is 9.97. The van der Waals surface area contributed by atoms with Crippen LogP contribution in [0.3, 0.4) is 0 Å². The van der Waals surface area contributed by atoms with Crippen molar-refractivity contribution >= 4 is 30.7 Å². The second kappa shape index (κ2) is 11.0. The highest BCUT2D eigenvalue weighted by Gasteiger charge is 2.32. The largest absolute Gasteiger partial charge is 0.457 e. The molecule has 5 nitrogen and oxygen atoms in total. The molecule has 8 heteroatoms. The molecule has 1 amide bonds. The third kappa shape index (κ3) is 5.64. The molecule has 2 aromatic rings. The normalized spacial score (nSPS) is 20.0. The summed E-state index contributed by atoms with van der Waals surface area (Å²) in [5.41, 5.74) is 6.77. The first-order valence-electron chi connectivity index (χ1n) is 9.91. The van der Waals surface area contributed by atoms with E-state index >= 15 is 0 Å². The molecule has 3 N–H and O–H groups in total. The summed E-state index contributed by atoms with van der Waals surface area (Å²) >= 11 is 0. The maximum atomic E-state index is 14.4. The summed E-state index contributed by atoms with van der Waals surface area (Å²) in [6, 6.07) is 12.3. The van der Waals surface area contributed by atoms with Crippen LogP contribution in [-0.4, -0.2) is 43.0 Å². The van der Waals surface area contributed by atoms with Crippen LogP contribution in [0.2, 0.25) is 0 Å². The zero-order valence-electron chi connectivity index (χ0n) is 16.7. The minimum Gasteiger partial charge on any atom is -0.457 e. The standard InChI is InChI=1S/C22H26FN3O2.2ClH/c23-21-8-7-19(28-18-5-2-15(3-6-18)9-10-24)11-20(21)22(27)26-13-16-1-4-17(14-26)25-12-16;;/h2-3,5-8,11,16-17,25H,1,4,9-10,12-14,24H2;2*1H/t16-,17-;;/m0../s1. The summed E-state index contributed by atoms with van der Waals surface area (Å²) in [5.74, 6) is 0.759. The minimum atomic E-state index is -0.514. The van der Waals surface area contributed by atoms with Crippen LogP contribution in [0.5, 0.6) is 11.5 Å². The van der Waals surface area contributed by atoms with E-state index in [1.807, 2.05) is 24.3 Å². The van der Waals surface area contributed by atoms with E-state index in [1.54, 1.807) is 11.0 Å². The molecule has 30 heavy (non-hydrogen) atoms. The van der Waals surface area contributed by atoms with Gasteiger partial charge in [-0.2, -0.15) is 0 Å². The zero-order chi connectivity index (χ0) is 19.5. The molecule has 0 radical (unpaired) electrons. The van der Waals surface area contributed by atoms with Gasteiger partial charge in [0.1, 0.15) is 17.3 Å². The molecule has 0 saturated carbocycles. The van der Waals surface area contributed by atoms with Crippen LogP contribution in [0, 0.1) is 11.7 Å². The molecule has 0 spiro atoms. The average Bonchev–Trinajstić information content (AvgIpc) is 3.05. The fourth-order valence-corrected chi connectivity index (χ4v) is 4.03. The van der Waals surface area contributed by atoms with E-state index in [9.17, 15) is 9.18 Å². The number of halogens is 3. The number of nitrogens with zero attached hydrogens (tertiary/aromatic N) is 1. The Labute approximate surface area is 189 Å². The summed E-state index contributed by atoms with van der Waals surface area (Å²) in [6.45, 7) is 2.83. The monoisotopic (exact) mass is 455 g/mol. The number of nitrogens with one attached hydrogen (secondary N) is 1. The van der Waals surface area contributed by atoms with Gasteiger partial charge in [-0.3, -0.25) is 4.79 Å². The van der Waals surface area contributed by atoms with Crippen LogP contribution >= 0.6 is 24.8 Å². The summed E-state index contributed by atoms with van der Waals surface area (Å²) in [5, 5.41) is 3.47. The molecule has 0 aromatic heterocycles. The van der Waals surface area contributed by atoms with Gasteiger partial charge in [0.25, 0.3) is 5.91 Å². The number of nitrogens with two attached hydrogens (primary N) is 1. The Morgan fingerprint density at radius 1 is 1.10 bits per heavy atom. The third-order valence-corrected chi connectivity index (χ3v) is 5.59. The van der Waals surface area contributed by atoms with Gasteiger partial charge < -0.3 is 20.7 Å². The van der Waals surface area contributed by atoms with Crippen molar-refractivity contribution in [2.45, 2.75) is 25.3 Å². The van der Waals surface area contributed by atoms with Gasteiger partial charge in [0, 0.05) is 19.1 Å². The van der Waals surface area contributed by atoms with Gasteiger partial charge in [-0.1, -0.05) is 12.1 Å². The second-order valence-corrected chi connectivity index (χ2v) is 7.69. The van der Waals surface area contributed by atoms with E-state index in [-0.39, 0.29) is 36.3 Å². The summed E-state index contributed by atoms with van der Waals surface area (Å²) in [7, 11) is 0. The first-order chi connectivity index (χ1) is 13.6. The summed E-state index contributed by atoms with van der Waals surface area (Å²) in [4.78, 5) is 14.8. The summed E-state index contributed by atoms with van der Waals surface area (Å²) < 4.78 is 20.3. The Bertz CT molecular complexity index is 829. The molecular weight excluding hydrogens is 428 g/mol. The molecule has 2 atom stereocenters. The molecule has 5 rings (SSSR count). The van der Waals surface area contributed by atoms with Crippen molar-refractivity contribution in [2.24, 2.45) is 11.7 Å². The van der Waals surface area contributed by atoms with Crippen molar-refractivity contribution in [1.82, 2.24) is 10.2 Å². The number of benzene rings is 2. The van der Waals surface area contributed by atoms with E-state index in [1.165, 1.54) is 12.1 Å². The Morgan fingerprint density at radius 2 is 1.83 bits per heavy atom. The number of fused-ring (bicyclic) bond motifs is 4. The van der Waals surface area contributed by atoms with Crippen LogP contribution in [-0.2, 0) is 6.42 Å². The fraction of sp³-hybridized carbons (Fsp3) is 0.409. The van der Waals surface area contributed by atoms with Crippen LogP contribution in [0.15, 0.2) is 42.5 Å². The molecular formula is C22H28Cl2FN3O2. The third-order valence-electron chi connectivity index (χ3n) is 5.59. The maximum absolute atomic E-state index is 14.4.